The summed E-state index contributed by atoms with van der Waals surface area (Å²) >= 11 is 0. The predicted molar refractivity (Wildman–Crippen MR) is 33.0 cm³/mol. The van der Waals surface area contributed by atoms with Gasteiger partial charge in [-0.05, 0) is 11.8 Å². The zero-order valence-electron chi connectivity index (χ0n) is 5.52. The summed E-state index contributed by atoms with van der Waals surface area (Å²) < 4.78 is 0. The molecule has 0 saturated heterocycles. The average molecular weight is 112 g/mol. The maximum atomic E-state index is 3.95. The Hall–Kier alpha value is -0.400. The summed E-state index contributed by atoms with van der Waals surface area (Å²) in [4.78, 5) is 0. The first kappa shape index (κ1) is 5.73. The lowest BCUT2D eigenvalue weighted by molar-refractivity contribution is 0.320. The van der Waals surface area contributed by atoms with E-state index >= 15 is 0 Å². The lowest BCUT2D eigenvalue weighted by Crippen LogP contribution is -2.19. The van der Waals surface area contributed by atoms with Gasteiger partial charge in [-0.2, -0.15) is 10.2 Å². The van der Waals surface area contributed by atoms with E-state index in [9.17, 15) is 0 Å². The molecule has 8 heavy (non-hydrogen) atoms. The molecule has 0 saturated carbocycles. The van der Waals surface area contributed by atoms with Gasteiger partial charge in [-0.3, -0.25) is 0 Å². The highest BCUT2D eigenvalue weighted by atomic mass is 15.1. The largest absolute Gasteiger partial charge is 0.194 e. The lowest BCUT2D eigenvalue weighted by Gasteiger charge is -2.22. The first-order chi connectivity index (χ1) is 3.71. The predicted octanol–water partition coefficient (Wildman–Crippen LogP) is 1.87. The Morgan fingerprint density at radius 2 is 2.00 bits per heavy atom. The van der Waals surface area contributed by atoms with Gasteiger partial charge in [0.1, 0.15) is 0 Å². The fourth-order valence-corrected chi connectivity index (χ4v) is 0.744. The van der Waals surface area contributed by atoms with E-state index in [1.165, 1.54) is 6.42 Å². The van der Waals surface area contributed by atoms with Crippen LogP contribution in [0.1, 0.15) is 20.3 Å². The number of azo groups is 1. The highest BCUT2D eigenvalue weighted by Gasteiger charge is 2.18. The van der Waals surface area contributed by atoms with Crippen molar-refractivity contribution >= 4 is 0 Å². The minimum absolute atomic E-state index is 0.418. The molecule has 2 nitrogen and oxygen atoms in total. The summed E-state index contributed by atoms with van der Waals surface area (Å²) in [5.41, 5.74) is 0.418. The Labute approximate surface area is 50.0 Å². The molecule has 1 heterocycles. The van der Waals surface area contributed by atoms with Crippen molar-refractivity contribution in [2.24, 2.45) is 15.6 Å². The monoisotopic (exact) mass is 112 g/mol. The van der Waals surface area contributed by atoms with Gasteiger partial charge in [0.05, 0.1) is 13.1 Å². The van der Waals surface area contributed by atoms with Crippen molar-refractivity contribution in [3.05, 3.63) is 0 Å². The summed E-state index contributed by atoms with van der Waals surface area (Å²) in [6.07, 6.45) is 1.19. The van der Waals surface area contributed by atoms with Gasteiger partial charge >= 0.3 is 0 Å². The lowest BCUT2D eigenvalue weighted by atomic mass is 9.89. The van der Waals surface area contributed by atoms with E-state index < -0.39 is 0 Å². The van der Waals surface area contributed by atoms with Crippen LogP contribution in [-0.4, -0.2) is 13.1 Å². The molecule has 46 valence electrons. The Bertz CT molecular complexity index is 105. The molecule has 0 atom stereocenters. The third-order valence-corrected chi connectivity index (χ3v) is 1.49. The van der Waals surface area contributed by atoms with Crippen LogP contribution in [0.15, 0.2) is 10.2 Å². The van der Waals surface area contributed by atoms with Crippen LogP contribution in [0, 0.1) is 5.41 Å². The molecule has 2 heteroatoms. The molecular formula is C6H12N2. The van der Waals surface area contributed by atoms with Crippen LogP contribution in [0.4, 0.5) is 0 Å². The summed E-state index contributed by atoms with van der Waals surface area (Å²) in [5.74, 6) is 0. The normalized spacial score (nSPS) is 25.8. The molecule has 0 aliphatic carbocycles. The molecule has 1 rings (SSSR count). The SMILES string of the molecule is CC1(C)CCN=NC1. The van der Waals surface area contributed by atoms with Gasteiger partial charge in [-0.25, -0.2) is 0 Å². The van der Waals surface area contributed by atoms with E-state index in [1.54, 1.807) is 0 Å². The Balaban J connectivity index is 2.50. The highest BCUT2D eigenvalue weighted by Crippen LogP contribution is 2.23. The molecule has 0 bridgehead atoms. The van der Waals surface area contributed by atoms with Gasteiger partial charge < -0.3 is 0 Å². The highest BCUT2D eigenvalue weighted by molar-refractivity contribution is 4.74. The van der Waals surface area contributed by atoms with Gasteiger partial charge in [0.2, 0.25) is 0 Å². The second kappa shape index (κ2) is 1.84. The molecular weight excluding hydrogens is 100 g/mol. The maximum Gasteiger partial charge on any atom is 0.0650 e. The fourth-order valence-electron chi connectivity index (χ4n) is 0.744. The third kappa shape index (κ3) is 1.29. The van der Waals surface area contributed by atoms with Gasteiger partial charge in [-0.15, -0.1) is 0 Å². The van der Waals surface area contributed by atoms with E-state index in [4.69, 9.17) is 0 Å². The molecule has 0 spiro atoms. The molecule has 0 aromatic rings. The van der Waals surface area contributed by atoms with E-state index in [0.29, 0.717) is 5.41 Å². The Kier molecular flexibility index (Phi) is 1.32. The standard InChI is InChI=1S/C6H12N2/c1-6(2)3-4-7-8-5-6/h3-5H2,1-2H3. The second-order valence-electron chi connectivity index (χ2n) is 3.08. The average Bonchev–Trinajstić information content (AvgIpc) is 1.65. The van der Waals surface area contributed by atoms with E-state index in [2.05, 4.69) is 24.1 Å². The van der Waals surface area contributed by atoms with Crippen LogP contribution in [-0.2, 0) is 0 Å². The van der Waals surface area contributed by atoms with Crippen molar-refractivity contribution in [2.75, 3.05) is 13.1 Å². The number of hydrogen-bond donors (Lipinski definition) is 0. The Morgan fingerprint density at radius 3 is 2.25 bits per heavy atom. The second-order valence-corrected chi connectivity index (χ2v) is 3.08. The molecule has 1 aliphatic heterocycles. The van der Waals surface area contributed by atoms with Crippen LogP contribution >= 0.6 is 0 Å². The number of hydrogen-bond acceptors (Lipinski definition) is 2. The molecule has 0 aromatic heterocycles. The summed E-state index contributed by atoms with van der Waals surface area (Å²) in [7, 11) is 0. The van der Waals surface area contributed by atoms with Crippen molar-refractivity contribution in [1.82, 2.24) is 0 Å². The zero-order chi connectivity index (χ0) is 6.04. The van der Waals surface area contributed by atoms with Crippen molar-refractivity contribution in [2.45, 2.75) is 20.3 Å². The minimum Gasteiger partial charge on any atom is -0.194 e. The topological polar surface area (TPSA) is 24.7 Å². The molecule has 0 aromatic carbocycles. The Morgan fingerprint density at radius 1 is 1.25 bits per heavy atom. The van der Waals surface area contributed by atoms with E-state index in [-0.39, 0.29) is 0 Å². The molecule has 0 N–H and O–H groups in total. The molecule has 0 unspecified atom stereocenters. The maximum absolute atomic E-state index is 3.95. The summed E-state index contributed by atoms with van der Waals surface area (Å²) in [6.45, 7) is 6.29. The van der Waals surface area contributed by atoms with Gasteiger partial charge in [0.15, 0.2) is 0 Å². The first-order valence-corrected chi connectivity index (χ1v) is 3.04. The van der Waals surface area contributed by atoms with Crippen molar-refractivity contribution in [1.29, 1.82) is 0 Å². The molecule has 1 aliphatic rings. The molecule has 0 fully saturated rings. The summed E-state index contributed by atoms with van der Waals surface area (Å²) in [5, 5.41) is 7.85. The quantitative estimate of drug-likeness (QED) is 0.457. The zero-order valence-corrected chi connectivity index (χ0v) is 5.52. The fraction of sp³-hybridized carbons (Fsp3) is 1.00. The molecule has 0 radical (unpaired) electrons. The van der Waals surface area contributed by atoms with Crippen LogP contribution in [0.2, 0.25) is 0 Å². The first-order valence-electron chi connectivity index (χ1n) is 3.04. The van der Waals surface area contributed by atoms with E-state index in [1.807, 2.05) is 0 Å². The van der Waals surface area contributed by atoms with Gasteiger partial charge in [0, 0.05) is 0 Å². The van der Waals surface area contributed by atoms with Gasteiger partial charge in [0.25, 0.3) is 0 Å². The van der Waals surface area contributed by atoms with Gasteiger partial charge in [-0.1, -0.05) is 13.8 Å². The van der Waals surface area contributed by atoms with Crippen LogP contribution < -0.4 is 0 Å². The van der Waals surface area contributed by atoms with Crippen LogP contribution in [0.5, 0.6) is 0 Å². The summed E-state index contributed by atoms with van der Waals surface area (Å²) in [6, 6.07) is 0. The van der Waals surface area contributed by atoms with Crippen LogP contribution in [0.25, 0.3) is 0 Å². The smallest absolute Gasteiger partial charge is 0.0650 e. The van der Waals surface area contributed by atoms with Crippen molar-refractivity contribution in [3.8, 4) is 0 Å². The van der Waals surface area contributed by atoms with Crippen molar-refractivity contribution < 1.29 is 0 Å². The third-order valence-electron chi connectivity index (χ3n) is 1.49. The van der Waals surface area contributed by atoms with E-state index in [0.717, 1.165) is 13.1 Å². The van der Waals surface area contributed by atoms with Crippen LogP contribution in [0.3, 0.4) is 0 Å². The number of nitrogens with zero attached hydrogens (tertiary/aromatic N) is 2. The molecule has 0 amide bonds. The number of rotatable bonds is 0. The van der Waals surface area contributed by atoms with Crippen molar-refractivity contribution in [3.63, 3.8) is 0 Å². The minimum atomic E-state index is 0.418.